The van der Waals surface area contributed by atoms with Crippen LogP contribution in [0, 0.1) is 0 Å². The number of hydrogen-bond donors (Lipinski definition) is 1. The third kappa shape index (κ3) is 4.61. The van der Waals surface area contributed by atoms with E-state index >= 15 is 0 Å². The first-order valence-corrected chi connectivity index (χ1v) is 11.6. The molecule has 1 fully saturated rings. The second-order valence-corrected chi connectivity index (χ2v) is 10.3. The molecule has 0 bridgehead atoms. The van der Waals surface area contributed by atoms with Crippen molar-refractivity contribution >= 4 is 37.3 Å². The van der Waals surface area contributed by atoms with Crippen LogP contribution in [0.15, 0.2) is 58.3 Å². The Morgan fingerprint density at radius 1 is 0.815 bits per heavy atom. The Bertz CT molecular complexity index is 999. The molecule has 0 saturated carbocycles. The first kappa shape index (κ1) is 20.1. The van der Waals surface area contributed by atoms with Crippen LogP contribution in [0.3, 0.4) is 0 Å². The molecule has 2 aromatic carbocycles. The van der Waals surface area contributed by atoms with E-state index in [2.05, 4.69) is 9.62 Å². The van der Waals surface area contributed by atoms with Crippen molar-refractivity contribution in [2.45, 2.75) is 9.79 Å². The smallest absolute Gasteiger partial charge is 0.261 e. The van der Waals surface area contributed by atoms with Crippen LogP contribution >= 0.6 is 11.6 Å². The van der Waals surface area contributed by atoms with Gasteiger partial charge < -0.3 is 4.90 Å². The zero-order chi connectivity index (χ0) is 19.7. The lowest BCUT2D eigenvalue weighted by Crippen LogP contribution is -2.46. The summed E-state index contributed by atoms with van der Waals surface area (Å²) in [7, 11) is -5.42. The Morgan fingerprint density at radius 2 is 1.33 bits per heavy atom. The maximum atomic E-state index is 12.7. The molecule has 1 aliphatic rings. The fraction of sp³-hybridized carbons (Fsp3) is 0.294. The number of rotatable bonds is 5. The molecule has 0 radical (unpaired) electrons. The summed E-state index contributed by atoms with van der Waals surface area (Å²) in [4.78, 5) is 2.28. The minimum atomic E-state index is -3.78. The van der Waals surface area contributed by atoms with Gasteiger partial charge in [-0.1, -0.05) is 11.6 Å². The van der Waals surface area contributed by atoms with Crippen LogP contribution in [-0.2, 0) is 20.0 Å². The van der Waals surface area contributed by atoms with Crippen molar-refractivity contribution in [1.29, 1.82) is 0 Å². The summed E-state index contributed by atoms with van der Waals surface area (Å²) in [5.41, 5.74) is 0.280. The molecule has 0 aromatic heterocycles. The van der Waals surface area contributed by atoms with Gasteiger partial charge >= 0.3 is 0 Å². The molecular weight excluding hydrogens is 410 g/mol. The Kier molecular flexibility index (Phi) is 5.78. The molecule has 1 aliphatic heterocycles. The number of halogens is 1. The van der Waals surface area contributed by atoms with Gasteiger partial charge in [0.2, 0.25) is 10.0 Å². The molecule has 7 nitrogen and oxygen atoms in total. The van der Waals surface area contributed by atoms with E-state index in [0.29, 0.717) is 31.2 Å². The molecule has 1 heterocycles. The van der Waals surface area contributed by atoms with Gasteiger partial charge in [-0.2, -0.15) is 4.31 Å². The van der Waals surface area contributed by atoms with Gasteiger partial charge in [0, 0.05) is 36.9 Å². The Hall–Kier alpha value is -1.65. The van der Waals surface area contributed by atoms with E-state index < -0.39 is 20.0 Å². The molecule has 1 saturated heterocycles. The molecule has 0 unspecified atom stereocenters. The van der Waals surface area contributed by atoms with E-state index in [4.69, 9.17) is 11.6 Å². The van der Waals surface area contributed by atoms with Crippen LogP contribution in [0.1, 0.15) is 0 Å². The number of sulfonamides is 2. The van der Waals surface area contributed by atoms with Crippen molar-refractivity contribution in [1.82, 2.24) is 9.21 Å². The van der Waals surface area contributed by atoms with Gasteiger partial charge in [0.1, 0.15) is 0 Å². The quantitative estimate of drug-likeness (QED) is 0.786. The molecule has 0 aliphatic carbocycles. The zero-order valence-corrected chi connectivity index (χ0v) is 17.1. The molecule has 0 atom stereocenters. The molecular formula is C17H20ClN3O4S2. The molecule has 2 aromatic rings. The van der Waals surface area contributed by atoms with Gasteiger partial charge in [-0.15, -0.1) is 0 Å². The molecule has 0 amide bonds. The van der Waals surface area contributed by atoms with Crippen molar-refractivity contribution in [3.63, 3.8) is 0 Å². The summed E-state index contributed by atoms with van der Waals surface area (Å²) in [6.07, 6.45) is 0. The lowest BCUT2D eigenvalue weighted by atomic mass is 10.3. The van der Waals surface area contributed by atoms with Crippen LogP contribution < -0.4 is 4.72 Å². The topological polar surface area (TPSA) is 86.8 Å². The maximum absolute atomic E-state index is 12.7. The molecule has 3 rings (SSSR count). The van der Waals surface area contributed by atoms with Crippen LogP contribution in [0.5, 0.6) is 0 Å². The Labute approximate surface area is 164 Å². The molecule has 146 valence electrons. The van der Waals surface area contributed by atoms with Crippen molar-refractivity contribution in [3.05, 3.63) is 53.6 Å². The fourth-order valence-electron chi connectivity index (χ4n) is 2.70. The Balaban J connectivity index is 1.76. The van der Waals surface area contributed by atoms with Gasteiger partial charge in [0.15, 0.2) is 0 Å². The summed E-state index contributed by atoms with van der Waals surface area (Å²) in [6, 6.07) is 11.5. The second kappa shape index (κ2) is 7.76. The predicted molar refractivity (Wildman–Crippen MR) is 105 cm³/mol. The second-order valence-electron chi connectivity index (χ2n) is 6.29. The number of nitrogens with one attached hydrogen (secondary N) is 1. The van der Waals surface area contributed by atoms with Gasteiger partial charge in [-0.05, 0) is 55.6 Å². The SMILES string of the molecule is CN1CCN(S(=O)(=O)c2ccc(NS(=O)(=O)c3ccc(Cl)cc3)cc2)CC1. The highest BCUT2D eigenvalue weighted by Crippen LogP contribution is 2.22. The largest absolute Gasteiger partial charge is 0.304 e. The van der Waals surface area contributed by atoms with E-state index in [0.717, 1.165) is 0 Å². The molecule has 1 N–H and O–H groups in total. The van der Waals surface area contributed by atoms with Crippen molar-refractivity contribution < 1.29 is 16.8 Å². The highest BCUT2D eigenvalue weighted by atomic mass is 35.5. The third-order valence-corrected chi connectivity index (χ3v) is 7.89. The lowest BCUT2D eigenvalue weighted by molar-refractivity contribution is 0.222. The minimum Gasteiger partial charge on any atom is -0.304 e. The predicted octanol–water partition coefficient (Wildman–Crippen LogP) is 2.08. The number of benzene rings is 2. The van der Waals surface area contributed by atoms with Crippen molar-refractivity contribution in [2.75, 3.05) is 37.9 Å². The zero-order valence-electron chi connectivity index (χ0n) is 14.7. The highest BCUT2D eigenvalue weighted by molar-refractivity contribution is 7.92. The minimum absolute atomic E-state index is 0.0704. The monoisotopic (exact) mass is 429 g/mol. The number of hydrogen-bond acceptors (Lipinski definition) is 5. The standard InChI is InChI=1S/C17H20ClN3O4S2/c1-20-10-12-21(13-11-20)27(24,25)17-8-4-15(5-9-17)19-26(22,23)16-6-2-14(18)3-7-16/h2-9,19H,10-13H2,1H3. The van der Waals surface area contributed by atoms with Gasteiger partial charge in [-0.25, -0.2) is 16.8 Å². The fourth-order valence-corrected chi connectivity index (χ4v) is 5.31. The summed E-state index contributed by atoms with van der Waals surface area (Å²) >= 11 is 5.78. The van der Waals surface area contributed by atoms with Crippen LogP contribution in [0.25, 0.3) is 0 Å². The molecule has 27 heavy (non-hydrogen) atoms. The molecule has 10 heteroatoms. The third-order valence-electron chi connectivity index (χ3n) is 4.33. The van der Waals surface area contributed by atoms with Gasteiger partial charge in [-0.3, -0.25) is 4.72 Å². The first-order chi connectivity index (χ1) is 12.7. The normalized spacial score (nSPS) is 17.0. The summed E-state index contributed by atoms with van der Waals surface area (Å²) in [5.74, 6) is 0. The molecule has 0 spiro atoms. The summed E-state index contributed by atoms with van der Waals surface area (Å²) in [6.45, 7) is 2.23. The number of likely N-dealkylation sites (N-methyl/N-ethyl adjacent to an activating group) is 1. The number of nitrogens with zero attached hydrogens (tertiary/aromatic N) is 2. The average molecular weight is 430 g/mol. The van der Waals surface area contributed by atoms with E-state index in [9.17, 15) is 16.8 Å². The van der Waals surface area contributed by atoms with Crippen molar-refractivity contribution in [2.24, 2.45) is 0 Å². The van der Waals surface area contributed by atoms with E-state index in [1.807, 2.05) is 7.05 Å². The van der Waals surface area contributed by atoms with Gasteiger partial charge in [0.25, 0.3) is 10.0 Å². The van der Waals surface area contributed by atoms with Crippen LogP contribution in [0.4, 0.5) is 5.69 Å². The Morgan fingerprint density at radius 3 is 1.89 bits per heavy atom. The van der Waals surface area contributed by atoms with Gasteiger partial charge in [0.05, 0.1) is 9.79 Å². The lowest BCUT2D eigenvalue weighted by Gasteiger charge is -2.31. The summed E-state index contributed by atoms with van der Waals surface area (Å²) in [5, 5.41) is 0.437. The first-order valence-electron chi connectivity index (χ1n) is 8.26. The summed E-state index contributed by atoms with van der Waals surface area (Å²) < 4.78 is 54.1. The number of anilines is 1. The van der Waals surface area contributed by atoms with Crippen molar-refractivity contribution in [3.8, 4) is 0 Å². The van der Waals surface area contributed by atoms with E-state index in [1.165, 1.54) is 52.8 Å². The van der Waals surface area contributed by atoms with E-state index in [-0.39, 0.29) is 15.5 Å². The van der Waals surface area contributed by atoms with E-state index in [1.54, 1.807) is 0 Å². The maximum Gasteiger partial charge on any atom is 0.261 e. The number of piperazine rings is 1. The average Bonchev–Trinajstić information content (AvgIpc) is 2.62. The van der Waals surface area contributed by atoms with Crippen LogP contribution in [-0.4, -0.2) is 59.3 Å². The van der Waals surface area contributed by atoms with Crippen LogP contribution in [0.2, 0.25) is 5.02 Å². The highest BCUT2D eigenvalue weighted by Gasteiger charge is 2.27.